The van der Waals surface area contributed by atoms with Crippen molar-refractivity contribution in [2.24, 2.45) is 5.41 Å². The van der Waals surface area contributed by atoms with Gasteiger partial charge in [0.05, 0.1) is 5.02 Å². The Labute approximate surface area is 99.4 Å². The molecule has 0 saturated heterocycles. The van der Waals surface area contributed by atoms with Crippen LogP contribution in [0.3, 0.4) is 0 Å². The molecule has 0 amide bonds. The monoisotopic (exact) mass is 244 g/mol. The highest BCUT2D eigenvalue weighted by atomic mass is 35.5. The summed E-state index contributed by atoms with van der Waals surface area (Å²) >= 11 is 5.58. The largest absolute Gasteiger partial charge is 0.486 e. The number of ketones is 1. The first-order valence-electron chi connectivity index (χ1n) is 4.92. The zero-order chi connectivity index (χ0) is 12.3. The summed E-state index contributed by atoms with van der Waals surface area (Å²) in [6.07, 6.45) is 0. The van der Waals surface area contributed by atoms with Gasteiger partial charge in [-0.25, -0.2) is 4.39 Å². The Hall–Kier alpha value is -1.09. The fourth-order valence-electron chi connectivity index (χ4n) is 0.932. The van der Waals surface area contributed by atoms with E-state index in [-0.39, 0.29) is 17.4 Å². The molecule has 0 unspecified atom stereocenters. The van der Waals surface area contributed by atoms with Crippen LogP contribution in [0.1, 0.15) is 20.8 Å². The number of carbonyl (C=O) groups excluding carboxylic acids is 1. The Bertz CT molecular complexity index is 396. The predicted octanol–water partition coefficient (Wildman–Crippen LogP) is 3.47. The number of hydrogen-bond acceptors (Lipinski definition) is 2. The topological polar surface area (TPSA) is 26.3 Å². The molecule has 0 saturated carbocycles. The van der Waals surface area contributed by atoms with Crippen LogP contribution < -0.4 is 4.74 Å². The highest BCUT2D eigenvalue weighted by Crippen LogP contribution is 2.22. The van der Waals surface area contributed by atoms with Crippen LogP contribution in [0.4, 0.5) is 4.39 Å². The van der Waals surface area contributed by atoms with E-state index in [1.54, 1.807) is 0 Å². The van der Waals surface area contributed by atoms with Gasteiger partial charge in [-0.3, -0.25) is 4.79 Å². The molecule has 0 spiro atoms. The molecule has 0 bridgehead atoms. The Morgan fingerprint density at radius 2 is 2.06 bits per heavy atom. The Morgan fingerprint density at radius 1 is 1.44 bits per heavy atom. The molecule has 0 aromatic heterocycles. The first kappa shape index (κ1) is 13.0. The maximum Gasteiger partial charge on any atom is 0.175 e. The summed E-state index contributed by atoms with van der Waals surface area (Å²) in [5.41, 5.74) is -0.441. The molecule has 0 aliphatic heterocycles. The molecule has 0 atom stereocenters. The summed E-state index contributed by atoms with van der Waals surface area (Å²) in [5, 5.41) is -0.0132. The molecule has 1 aromatic rings. The molecule has 4 heteroatoms. The van der Waals surface area contributed by atoms with Crippen molar-refractivity contribution in [2.45, 2.75) is 20.8 Å². The summed E-state index contributed by atoms with van der Waals surface area (Å²) < 4.78 is 18.1. The Morgan fingerprint density at radius 3 is 2.56 bits per heavy atom. The van der Waals surface area contributed by atoms with E-state index in [2.05, 4.69) is 0 Å². The van der Waals surface area contributed by atoms with Gasteiger partial charge in [-0.1, -0.05) is 32.4 Å². The number of rotatable bonds is 3. The smallest absolute Gasteiger partial charge is 0.175 e. The molecule has 0 aliphatic carbocycles. The summed E-state index contributed by atoms with van der Waals surface area (Å²) in [6.45, 7) is 5.41. The quantitative estimate of drug-likeness (QED) is 0.814. The number of Topliss-reactive ketones (excluding diaryl/α,β-unsaturated/α-hetero) is 1. The van der Waals surface area contributed by atoms with Crippen LogP contribution in [-0.4, -0.2) is 12.4 Å². The molecular weight excluding hydrogens is 231 g/mol. The van der Waals surface area contributed by atoms with Gasteiger partial charge in [0, 0.05) is 11.5 Å². The van der Waals surface area contributed by atoms with E-state index in [0.717, 1.165) is 0 Å². The third-order valence-corrected chi connectivity index (χ3v) is 2.39. The minimum Gasteiger partial charge on any atom is -0.486 e. The Balaban J connectivity index is 2.62. The van der Waals surface area contributed by atoms with Crippen LogP contribution in [-0.2, 0) is 4.79 Å². The SMILES string of the molecule is CC(C)(C)C(=O)COc1ccc(F)c(Cl)c1. The number of benzene rings is 1. The molecular formula is C12H14ClFO2. The number of carbonyl (C=O) groups is 1. The van der Waals surface area contributed by atoms with E-state index in [4.69, 9.17) is 16.3 Å². The average Bonchev–Trinajstić information content (AvgIpc) is 2.18. The highest BCUT2D eigenvalue weighted by Gasteiger charge is 2.21. The van der Waals surface area contributed by atoms with E-state index in [1.165, 1.54) is 18.2 Å². The first-order chi connectivity index (χ1) is 7.30. The fourth-order valence-corrected chi connectivity index (χ4v) is 1.10. The van der Waals surface area contributed by atoms with E-state index < -0.39 is 11.2 Å². The zero-order valence-corrected chi connectivity index (χ0v) is 10.3. The second kappa shape index (κ2) is 4.83. The maximum absolute atomic E-state index is 12.8. The minimum atomic E-state index is -0.504. The lowest BCUT2D eigenvalue weighted by atomic mass is 9.91. The summed E-state index contributed by atoms with van der Waals surface area (Å²) in [4.78, 5) is 11.6. The molecule has 0 radical (unpaired) electrons. The fraction of sp³-hybridized carbons (Fsp3) is 0.417. The van der Waals surface area contributed by atoms with Crippen molar-refractivity contribution in [1.82, 2.24) is 0 Å². The molecule has 1 aromatic carbocycles. The number of halogens is 2. The van der Waals surface area contributed by atoms with E-state index in [0.29, 0.717) is 5.75 Å². The maximum atomic E-state index is 12.8. The third kappa shape index (κ3) is 3.49. The molecule has 0 heterocycles. The van der Waals surface area contributed by atoms with Gasteiger partial charge in [-0.2, -0.15) is 0 Å². The van der Waals surface area contributed by atoms with E-state index in [9.17, 15) is 9.18 Å². The van der Waals surface area contributed by atoms with Crippen LogP contribution >= 0.6 is 11.6 Å². The first-order valence-corrected chi connectivity index (χ1v) is 5.29. The van der Waals surface area contributed by atoms with Gasteiger partial charge in [-0.05, 0) is 12.1 Å². The van der Waals surface area contributed by atoms with Crippen molar-refractivity contribution in [3.05, 3.63) is 29.0 Å². The standard InChI is InChI=1S/C12H14ClFO2/c1-12(2,3)11(15)7-16-8-4-5-10(14)9(13)6-8/h4-6H,7H2,1-3H3. The summed E-state index contributed by atoms with van der Waals surface area (Å²) in [7, 11) is 0. The predicted molar refractivity (Wildman–Crippen MR) is 61.4 cm³/mol. The van der Waals surface area contributed by atoms with Gasteiger partial charge in [0.1, 0.15) is 18.2 Å². The normalized spacial score (nSPS) is 11.3. The highest BCUT2D eigenvalue weighted by molar-refractivity contribution is 6.30. The van der Waals surface area contributed by atoms with Crippen molar-refractivity contribution >= 4 is 17.4 Å². The minimum absolute atomic E-state index is 0.0132. The van der Waals surface area contributed by atoms with Crippen molar-refractivity contribution in [2.75, 3.05) is 6.61 Å². The zero-order valence-electron chi connectivity index (χ0n) is 9.51. The molecule has 2 nitrogen and oxygen atoms in total. The summed E-state index contributed by atoms with van der Waals surface area (Å²) in [5.74, 6) is -0.131. The number of hydrogen-bond donors (Lipinski definition) is 0. The van der Waals surface area contributed by atoms with Crippen LogP contribution in [0.2, 0.25) is 5.02 Å². The second-order valence-electron chi connectivity index (χ2n) is 4.54. The van der Waals surface area contributed by atoms with Gasteiger partial charge in [0.2, 0.25) is 0 Å². The van der Waals surface area contributed by atoms with E-state index in [1.807, 2.05) is 20.8 Å². The van der Waals surface area contributed by atoms with Crippen molar-refractivity contribution in [3.8, 4) is 5.75 Å². The second-order valence-corrected chi connectivity index (χ2v) is 4.94. The van der Waals surface area contributed by atoms with Crippen molar-refractivity contribution < 1.29 is 13.9 Å². The van der Waals surface area contributed by atoms with Gasteiger partial charge >= 0.3 is 0 Å². The van der Waals surface area contributed by atoms with Gasteiger partial charge in [0.15, 0.2) is 5.78 Å². The lowest BCUT2D eigenvalue weighted by Crippen LogP contribution is -2.26. The molecule has 0 fully saturated rings. The molecule has 1 rings (SSSR count). The molecule has 16 heavy (non-hydrogen) atoms. The van der Waals surface area contributed by atoms with Crippen molar-refractivity contribution in [1.29, 1.82) is 0 Å². The van der Waals surface area contributed by atoms with Gasteiger partial charge in [-0.15, -0.1) is 0 Å². The van der Waals surface area contributed by atoms with E-state index >= 15 is 0 Å². The lowest BCUT2D eigenvalue weighted by Gasteiger charge is -2.16. The third-order valence-electron chi connectivity index (χ3n) is 2.10. The van der Waals surface area contributed by atoms with Crippen LogP contribution in [0.15, 0.2) is 18.2 Å². The Kier molecular flexibility index (Phi) is 3.92. The van der Waals surface area contributed by atoms with Gasteiger partial charge in [0.25, 0.3) is 0 Å². The summed E-state index contributed by atoms with van der Waals surface area (Å²) in [6, 6.07) is 4.00. The van der Waals surface area contributed by atoms with Gasteiger partial charge < -0.3 is 4.74 Å². The van der Waals surface area contributed by atoms with Crippen LogP contribution in [0, 0.1) is 11.2 Å². The van der Waals surface area contributed by atoms with Crippen LogP contribution in [0.25, 0.3) is 0 Å². The molecule has 88 valence electrons. The molecule has 0 aliphatic rings. The lowest BCUT2D eigenvalue weighted by molar-refractivity contribution is -0.128. The van der Waals surface area contributed by atoms with Crippen LogP contribution in [0.5, 0.6) is 5.75 Å². The number of ether oxygens (including phenoxy) is 1. The average molecular weight is 245 g/mol. The van der Waals surface area contributed by atoms with Crippen molar-refractivity contribution in [3.63, 3.8) is 0 Å². The molecule has 0 N–H and O–H groups in total.